The monoisotopic (exact) mass is 130 g/mol. The summed E-state index contributed by atoms with van der Waals surface area (Å²) in [6.45, 7) is 6.38. The average Bonchev–Trinajstić information content (AvgIpc) is 1.63. The first-order chi connectivity index (χ1) is 4.16. The predicted molar refractivity (Wildman–Crippen MR) is 40.4 cm³/mol. The second-order valence-electron chi connectivity index (χ2n) is 3.07. The largest absolute Gasteiger partial charge is 0.393 e. The molecule has 9 heavy (non-hydrogen) atoms. The molecular formula is C8H18O. The van der Waals surface area contributed by atoms with Crippen LogP contribution in [0.2, 0.25) is 0 Å². The van der Waals surface area contributed by atoms with E-state index in [0.29, 0.717) is 5.92 Å². The van der Waals surface area contributed by atoms with E-state index < -0.39 is 0 Å². The molecule has 0 fully saturated rings. The Balaban J connectivity index is 3.15. The van der Waals surface area contributed by atoms with E-state index in [1.165, 1.54) is 0 Å². The molecule has 1 heteroatoms. The highest BCUT2D eigenvalue weighted by molar-refractivity contribution is 4.56. The van der Waals surface area contributed by atoms with E-state index in [-0.39, 0.29) is 6.10 Å². The highest BCUT2D eigenvalue weighted by Crippen LogP contribution is 2.08. The molecule has 0 rings (SSSR count). The van der Waals surface area contributed by atoms with Crippen molar-refractivity contribution in [3.05, 3.63) is 0 Å². The van der Waals surface area contributed by atoms with E-state index in [0.717, 1.165) is 19.3 Å². The smallest absolute Gasteiger partial charge is 0.0542 e. The summed E-state index contributed by atoms with van der Waals surface area (Å²) in [5.74, 6) is 0.631. The Labute approximate surface area is 58.1 Å². The van der Waals surface area contributed by atoms with Gasteiger partial charge in [-0.25, -0.2) is 0 Å². The van der Waals surface area contributed by atoms with Gasteiger partial charge in [0.05, 0.1) is 6.10 Å². The van der Waals surface area contributed by atoms with Crippen LogP contribution in [0.5, 0.6) is 0 Å². The zero-order valence-corrected chi connectivity index (χ0v) is 6.72. The van der Waals surface area contributed by atoms with Crippen molar-refractivity contribution in [2.45, 2.75) is 46.1 Å². The fraction of sp³-hybridized carbons (Fsp3) is 1.00. The van der Waals surface area contributed by atoms with E-state index in [9.17, 15) is 5.11 Å². The molecule has 56 valence electrons. The van der Waals surface area contributed by atoms with Gasteiger partial charge in [0.25, 0.3) is 0 Å². The lowest BCUT2D eigenvalue weighted by atomic mass is 10.0. The maximum absolute atomic E-state index is 9.22. The van der Waals surface area contributed by atoms with Crippen LogP contribution in [0.15, 0.2) is 0 Å². The minimum absolute atomic E-state index is 0.0602. The van der Waals surface area contributed by atoms with Gasteiger partial charge in [-0.15, -0.1) is 0 Å². The first-order valence-electron chi connectivity index (χ1n) is 3.84. The highest BCUT2D eigenvalue weighted by atomic mass is 16.3. The zero-order valence-electron chi connectivity index (χ0n) is 6.72. The highest BCUT2D eigenvalue weighted by Gasteiger charge is 2.03. The second-order valence-corrected chi connectivity index (χ2v) is 3.07. The third-order valence-corrected chi connectivity index (χ3v) is 1.37. The molecule has 0 amide bonds. The van der Waals surface area contributed by atoms with Gasteiger partial charge in [0.15, 0.2) is 0 Å². The van der Waals surface area contributed by atoms with Crippen molar-refractivity contribution < 1.29 is 5.11 Å². The molecule has 1 N–H and O–H groups in total. The molecule has 0 heterocycles. The van der Waals surface area contributed by atoms with Crippen molar-refractivity contribution in [2.75, 3.05) is 0 Å². The molecule has 0 unspecified atom stereocenters. The van der Waals surface area contributed by atoms with E-state index in [1.807, 2.05) is 0 Å². The molecule has 0 aliphatic rings. The Morgan fingerprint density at radius 2 is 1.89 bits per heavy atom. The fourth-order valence-electron chi connectivity index (χ4n) is 0.995. The van der Waals surface area contributed by atoms with E-state index in [1.54, 1.807) is 0 Å². The number of hydrogen-bond acceptors (Lipinski definition) is 1. The third kappa shape index (κ3) is 5.84. The quantitative estimate of drug-likeness (QED) is 0.618. The molecule has 1 atom stereocenters. The van der Waals surface area contributed by atoms with Crippen molar-refractivity contribution >= 4 is 0 Å². The summed E-state index contributed by atoms with van der Waals surface area (Å²) in [6.07, 6.45) is 2.94. The minimum atomic E-state index is -0.0602. The van der Waals surface area contributed by atoms with Crippen LogP contribution in [0.4, 0.5) is 0 Å². The molecule has 0 aliphatic heterocycles. The molecular weight excluding hydrogens is 112 g/mol. The Morgan fingerprint density at radius 3 is 2.22 bits per heavy atom. The van der Waals surface area contributed by atoms with E-state index >= 15 is 0 Å². The van der Waals surface area contributed by atoms with Gasteiger partial charge in [0.1, 0.15) is 0 Å². The van der Waals surface area contributed by atoms with Crippen LogP contribution in [0, 0.1) is 5.92 Å². The van der Waals surface area contributed by atoms with Crippen LogP contribution in [-0.2, 0) is 0 Å². The maximum Gasteiger partial charge on any atom is 0.0542 e. The molecule has 0 bridgehead atoms. The van der Waals surface area contributed by atoms with Gasteiger partial charge >= 0.3 is 0 Å². The second kappa shape index (κ2) is 4.80. The first-order valence-corrected chi connectivity index (χ1v) is 3.84. The predicted octanol–water partition coefficient (Wildman–Crippen LogP) is 2.19. The number of rotatable bonds is 4. The van der Waals surface area contributed by atoms with Gasteiger partial charge in [-0.1, -0.05) is 27.2 Å². The lowest BCUT2D eigenvalue weighted by Crippen LogP contribution is -2.08. The van der Waals surface area contributed by atoms with Crippen LogP contribution >= 0.6 is 0 Å². The molecule has 0 aliphatic carbocycles. The lowest BCUT2D eigenvalue weighted by molar-refractivity contribution is 0.138. The molecule has 1 nitrogen and oxygen atoms in total. The van der Waals surface area contributed by atoms with Crippen molar-refractivity contribution in [3.8, 4) is 0 Å². The van der Waals surface area contributed by atoms with Crippen molar-refractivity contribution in [1.82, 2.24) is 0 Å². The van der Waals surface area contributed by atoms with Crippen LogP contribution < -0.4 is 0 Å². The van der Waals surface area contributed by atoms with Crippen LogP contribution in [0.1, 0.15) is 40.0 Å². The third-order valence-electron chi connectivity index (χ3n) is 1.37. The Bertz CT molecular complexity index is 59.6. The van der Waals surface area contributed by atoms with Gasteiger partial charge in [-0.05, 0) is 18.8 Å². The topological polar surface area (TPSA) is 20.2 Å². The average molecular weight is 130 g/mol. The minimum Gasteiger partial charge on any atom is -0.393 e. The summed E-state index contributed by atoms with van der Waals surface area (Å²) < 4.78 is 0. The Kier molecular flexibility index (Phi) is 4.78. The van der Waals surface area contributed by atoms with E-state index in [4.69, 9.17) is 0 Å². The first kappa shape index (κ1) is 8.96. The summed E-state index contributed by atoms with van der Waals surface area (Å²) >= 11 is 0. The van der Waals surface area contributed by atoms with Crippen LogP contribution in [-0.4, -0.2) is 11.2 Å². The fourth-order valence-corrected chi connectivity index (χ4v) is 0.995. The van der Waals surface area contributed by atoms with Crippen molar-refractivity contribution in [1.29, 1.82) is 0 Å². The number of hydrogen-bond donors (Lipinski definition) is 1. The SMILES string of the molecule is CCC[C@@H](O)CC(C)C. The summed E-state index contributed by atoms with van der Waals surface area (Å²) in [5.41, 5.74) is 0. The summed E-state index contributed by atoms with van der Waals surface area (Å²) in [7, 11) is 0. The Hall–Kier alpha value is -0.0400. The van der Waals surface area contributed by atoms with Crippen molar-refractivity contribution in [3.63, 3.8) is 0 Å². The summed E-state index contributed by atoms with van der Waals surface area (Å²) in [6, 6.07) is 0. The number of aliphatic hydroxyl groups excluding tert-OH is 1. The van der Waals surface area contributed by atoms with Gasteiger partial charge in [-0.2, -0.15) is 0 Å². The van der Waals surface area contributed by atoms with E-state index in [2.05, 4.69) is 20.8 Å². The molecule has 0 radical (unpaired) electrons. The summed E-state index contributed by atoms with van der Waals surface area (Å²) in [4.78, 5) is 0. The number of aliphatic hydroxyl groups is 1. The molecule has 0 aromatic carbocycles. The lowest BCUT2D eigenvalue weighted by Gasteiger charge is -2.10. The maximum atomic E-state index is 9.22. The molecule has 0 saturated carbocycles. The standard InChI is InChI=1S/C8H18O/c1-4-5-8(9)6-7(2)3/h7-9H,4-6H2,1-3H3/t8-/m1/s1. The van der Waals surface area contributed by atoms with Gasteiger partial charge in [-0.3, -0.25) is 0 Å². The molecule has 0 saturated heterocycles. The van der Waals surface area contributed by atoms with Crippen molar-refractivity contribution in [2.24, 2.45) is 5.92 Å². The summed E-state index contributed by atoms with van der Waals surface area (Å²) in [5, 5.41) is 9.22. The molecule has 0 aromatic heterocycles. The van der Waals surface area contributed by atoms with Crippen LogP contribution in [0.3, 0.4) is 0 Å². The van der Waals surface area contributed by atoms with Gasteiger partial charge in [0, 0.05) is 0 Å². The molecule has 0 aromatic rings. The van der Waals surface area contributed by atoms with Gasteiger partial charge in [0.2, 0.25) is 0 Å². The van der Waals surface area contributed by atoms with Gasteiger partial charge < -0.3 is 5.11 Å². The zero-order chi connectivity index (χ0) is 7.28. The Morgan fingerprint density at radius 1 is 1.33 bits per heavy atom. The van der Waals surface area contributed by atoms with Crippen LogP contribution in [0.25, 0.3) is 0 Å². The normalized spacial score (nSPS) is 14.3. The molecule has 0 spiro atoms.